The lowest BCUT2D eigenvalue weighted by atomic mass is 9.88. The van der Waals surface area contributed by atoms with Gasteiger partial charge in [0.05, 0.1) is 13.0 Å². The van der Waals surface area contributed by atoms with Gasteiger partial charge in [-0.25, -0.2) is 4.79 Å². The van der Waals surface area contributed by atoms with Crippen LogP contribution < -0.4 is 0 Å². The van der Waals surface area contributed by atoms with Crippen LogP contribution in [0, 0.1) is 11.8 Å². The predicted molar refractivity (Wildman–Crippen MR) is 66.9 cm³/mol. The van der Waals surface area contributed by atoms with Crippen molar-refractivity contribution < 1.29 is 19.1 Å². The summed E-state index contributed by atoms with van der Waals surface area (Å²) < 4.78 is 4.72. The SMILES string of the molecule is CCCC/C=C(\C(=O)OC)C1C(=O)CCC1C=O. The molecule has 0 aromatic heterocycles. The molecule has 2 atom stereocenters. The van der Waals surface area contributed by atoms with Crippen molar-refractivity contribution in [3.8, 4) is 0 Å². The maximum absolute atomic E-state index is 11.8. The zero-order chi connectivity index (χ0) is 13.5. The van der Waals surface area contributed by atoms with Gasteiger partial charge in [-0.15, -0.1) is 0 Å². The summed E-state index contributed by atoms with van der Waals surface area (Å²) in [5.74, 6) is -1.48. The molecule has 0 aromatic rings. The molecule has 1 rings (SSSR count). The molecule has 0 saturated heterocycles. The fourth-order valence-electron chi connectivity index (χ4n) is 2.34. The Kier molecular flexibility index (Phi) is 5.75. The lowest BCUT2D eigenvalue weighted by Gasteiger charge is -2.15. The van der Waals surface area contributed by atoms with Gasteiger partial charge in [-0.1, -0.05) is 25.8 Å². The summed E-state index contributed by atoms with van der Waals surface area (Å²) >= 11 is 0. The number of ketones is 1. The highest BCUT2D eigenvalue weighted by Crippen LogP contribution is 2.33. The van der Waals surface area contributed by atoms with Crippen LogP contribution in [0.5, 0.6) is 0 Å². The van der Waals surface area contributed by atoms with E-state index < -0.39 is 11.9 Å². The van der Waals surface area contributed by atoms with Crippen LogP contribution in [0.25, 0.3) is 0 Å². The monoisotopic (exact) mass is 252 g/mol. The Bertz CT molecular complexity index is 357. The summed E-state index contributed by atoms with van der Waals surface area (Å²) in [7, 11) is 1.30. The summed E-state index contributed by atoms with van der Waals surface area (Å²) in [6.07, 6.45) is 6.15. The Morgan fingerprint density at radius 1 is 1.50 bits per heavy atom. The topological polar surface area (TPSA) is 60.4 Å². The Morgan fingerprint density at radius 3 is 2.78 bits per heavy atom. The first kappa shape index (κ1) is 14.6. The molecule has 100 valence electrons. The van der Waals surface area contributed by atoms with E-state index in [0.29, 0.717) is 18.4 Å². The molecule has 0 aliphatic heterocycles. The summed E-state index contributed by atoms with van der Waals surface area (Å²) in [4.78, 5) is 34.5. The molecule has 1 saturated carbocycles. The minimum absolute atomic E-state index is 0.0275. The van der Waals surface area contributed by atoms with Crippen molar-refractivity contribution >= 4 is 18.0 Å². The van der Waals surface area contributed by atoms with E-state index in [0.717, 1.165) is 25.5 Å². The van der Waals surface area contributed by atoms with Gasteiger partial charge in [-0.3, -0.25) is 4.79 Å². The average molecular weight is 252 g/mol. The highest BCUT2D eigenvalue weighted by Gasteiger charge is 2.39. The third-order valence-corrected chi connectivity index (χ3v) is 3.35. The van der Waals surface area contributed by atoms with Crippen LogP contribution in [0.2, 0.25) is 0 Å². The van der Waals surface area contributed by atoms with Crippen molar-refractivity contribution in [2.45, 2.75) is 39.0 Å². The quantitative estimate of drug-likeness (QED) is 0.314. The van der Waals surface area contributed by atoms with E-state index >= 15 is 0 Å². The zero-order valence-corrected chi connectivity index (χ0v) is 11.0. The Morgan fingerprint density at radius 2 is 2.22 bits per heavy atom. The Labute approximate surface area is 107 Å². The van der Waals surface area contributed by atoms with Crippen LogP contribution in [0.3, 0.4) is 0 Å². The van der Waals surface area contributed by atoms with Gasteiger partial charge in [0.15, 0.2) is 0 Å². The number of ether oxygens (including phenoxy) is 1. The van der Waals surface area contributed by atoms with Gasteiger partial charge in [0, 0.05) is 17.9 Å². The number of unbranched alkanes of at least 4 members (excludes halogenated alkanes) is 2. The Balaban J connectivity index is 2.93. The molecular weight excluding hydrogens is 232 g/mol. The number of allylic oxidation sites excluding steroid dienone is 1. The maximum atomic E-state index is 11.8. The van der Waals surface area contributed by atoms with Crippen molar-refractivity contribution in [3.63, 3.8) is 0 Å². The van der Waals surface area contributed by atoms with Gasteiger partial charge in [-0.2, -0.15) is 0 Å². The highest BCUT2D eigenvalue weighted by atomic mass is 16.5. The molecule has 0 amide bonds. The smallest absolute Gasteiger partial charge is 0.334 e. The summed E-state index contributed by atoms with van der Waals surface area (Å²) in [6, 6.07) is 0. The first-order valence-corrected chi connectivity index (χ1v) is 6.42. The molecule has 1 aliphatic carbocycles. The fourth-order valence-corrected chi connectivity index (χ4v) is 2.34. The number of carbonyl (C=O) groups is 3. The van der Waals surface area contributed by atoms with E-state index in [1.807, 2.05) is 0 Å². The van der Waals surface area contributed by atoms with Gasteiger partial charge in [0.25, 0.3) is 0 Å². The van der Waals surface area contributed by atoms with Crippen LogP contribution >= 0.6 is 0 Å². The minimum atomic E-state index is -0.591. The number of Topliss-reactive ketones (excluding diaryl/α,β-unsaturated/α-hetero) is 1. The van der Waals surface area contributed by atoms with Crippen LogP contribution in [0.4, 0.5) is 0 Å². The number of aldehydes is 1. The lowest BCUT2D eigenvalue weighted by Crippen LogP contribution is -2.24. The third kappa shape index (κ3) is 3.28. The molecule has 0 aromatic carbocycles. The number of hydrogen-bond donors (Lipinski definition) is 0. The number of hydrogen-bond acceptors (Lipinski definition) is 4. The number of methoxy groups -OCH3 is 1. The molecule has 4 nitrogen and oxygen atoms in total. The van der Waals surface area contributed by atoms with Crippen molar-refractivity contribution in [2.24, 2.45) is 11.8 Å². The standard InChI is InChI=1S/C14H20O4/c1-3-4-5-6-11(14(17)18-2)13-10(9-15)7-8-12(13)16/h6,9-10,13H,3-5,7-8H2,1-2H3/b11-6-. The lowest BCUT2D eigenvalue weighted by molar-refractivity contribution is -0.138. The molecule has 0 bridgehead atoms. The summed E-state index contributed by atoms with van der Waals surface area (Å²) in [6.45, 7) is 2.06. The van der Waals surface area contributed by atoms with E-state index in [9.17, 15) is 14.4 Å². The molecule has 18 heavy (non-hydrogen) atoms. The second kappa shape index (κ2) is 7.09. The molecule has 1 fully saturated rings. The van der Waals surface area contributed by atoms with Gasteiger partial charge >= 0.3 is 5.97 Å². The van der Waals surface area contributed by atoms with Gasteiger partial charge < -0.3 is 9.53 Å². The molecule has 4 heteroatoms. The fraction of sp³-hybridized carbons (Fsp3) is 0.643. The molecule has 0 radical (unpaired) electrons. The minimum Gasteiger partial charge on any atom is -0.466 e. The van der Waals surface area contributed by atoms with Crippen LogP contribution in [-0.2, 0) is 19.1 Å². The third-order valence-electron chi connectivity index (χ3n) is 3.35. The van der Waals surface area contributed by atoms with Crippen LogP contribution in [-0.4, -0.2) is 25.1 Å². The number of rotatable bonds is 6. The predicted octanol–water partition coefficient (Wildman–Crippen LogP) is 2.07. The van der Waals surface area contributed by atoms with E-state index in [1.54, 1.807) is 6.08 Å². The molecular formula is C14H20O4. The number of esters is 1. The molecule has 2 unspecified atom stereocenters. The second-order valence-corrected chi connectivity index (χ2v) is 4.58. The van der Waals surface area contributed by atoms with Gasteiger partial charge in [-0.05, 0) is 12.8 Å². The van der Waals surface area contributed by atoms with E-state index in [1.165, 1.54) is 7.11 Å². The van der Waals surface area contributed by atoms with E-state index in [-0.39, 0.29) is 11.7 Å². The van der Waals surface area contributed by atoms with Crippen LogP contribution in [0.1, 0.15) is 39.0 Å². The average Bonchev–Trinajstić information content (AvgIpc) is 2.75. The van der Waals surface area contributed by atoms with Crippen molar-refractivity contribution in [1.82, 2.24) is 0 Å². The first-order chi connectivity index (χ1) is 8.65. The second-order valence-electron chi connectivity index (χ2n) is 4.58. The first-order valence-electron chi connectivity index (χ1n) is 6.42. The maximum Gasteiger partial charge on any atom is 0.334 e. The van der Waals surface area contributed by atoms with Crippen molar-refractivity contribution in [1.29, 1.82) is 0 Å². The van der Waals surface area contributed by atoms with Crippen LogP contribution in [0.15, 0.2) is 11.6 Å². The normalized spacial score (nSPS) is 24.1. The van der Waals surface area contributed by atoms with Crippen molar-refractivity contribution in [2.75, 3.05) is 7.11 Å². The molecule has 1 aliphatic rings. The number of carbonyl (C=O) groups excluding carboxylic acids is 3. The Hall–Kier alpha value is -1.45. The molecule has 0 spiro atoms. The zero-order valence-electron chi connectivity index (χ0n) is 11.0. The summed E-state index contributed by atoms with van der Waals surface area (Å²) in [5, 5.41) is 0. The van der Waals surface area contributed by atoms with Gasteiger partial charge in [0.2, 0.25) is 0 Å². The van der Waals surface area contributed by atoms with E-state index in [4.69, 9.17) is 4.74 Å². The molecule has 0 N–H and O–H groups in total. The van der Waals surface area contributed by atoms with Gasteiger partial charge in [0.1, 0.15) is 12.1 Å². The van der Waals surface area contributed by atoms with E-state index in [2.05, 4.69) is 6.92 Å². The summed E-state index contributed by atoms with van der Waals surface area (Å²) in [5.41, 5.74) is 0.366. The highest BCUT2D eigenvalue weighted by molar-refractivity contribution is 6.00. The van der Waals surface area contributed by atoms with Crippen molar-refractivity contribution in [3.05, 3.63) is 11.6 Å². The molecule has 0 heterocycles. The largest absolute Gasteiger partial charge is 0.466 e.